The van der Waals surface area contributed by atoms with Crippen molar-refractivity contribution in [3.8, 4) is 55.6 Å². The van der Waals surface area contributed by atoms with Gasteiger partial charge in [0.1, 0.15) is 0 Å². The van der Waals surface area contributed by atoms with E-state index in [0.29, 0.717) is 5.41 Å². The summed E-state index contributed by atoms with van der Waals surface area (Å²) in [6.07, 6.45) is 4.37. The molecule has 13 rings (SSSR count). The van der Waals surface area contributed by atoms with E-state index in [-0.39, 0.29) is 5.41 Å². The van der Waals surface area contributed by atoms with E-state index in [0.717, 1.165) is 40.7 Å². The van der Waals surface area contributed by atoms with E-state index in [1.165, 1.54) is 74.9 Å². The normalized spacial score (nSPS) is 24.8. The summed E-state index contributed by atoms with van der Waals surface area (Å²) in [6.45, 7) is 0. The molecule has 2 spiro atoms. The van der Waals surface area contributed by atoms with Crippen LogP contribution in [0.5, 0.6) is 0 Å². The minimum atomic E-state index is 0.226. The van der Waals surface area contributed by atoms with Crippen molar-refractivity contribution in [1.82, 2.24) is 0 Å². The van der Waals surface area contributed by atoms with Crippen LogP contribution in [0, 0.1) is 29.1 Å². The van der Waals surface area contributed by atoms with Gasteiger partial charge in [0.2, 0.25) is 0 Å². The number of anilines is 3. The first-order valence-corrected chi connectivity index (χ1v) is 21.3. The predicted molar refractivity (Wildman–Crippen MR) is 239 cm³/mol. The Morgan fingerprint density at radius 2 is 0.828 bits per heavy atom. The molecule has 0 saturated heterocycles. The lowest BCUT2D eigenvalue weighted by atomic mass is 9.11. The maximum absolute atomic E-state index is 2.51. The van der Waals surface area contributed by atoms with Crippen molar-refractivity contribution < 1.29 is 0 Å². The van der Waals surface area contributed by atoms with E-state index in [9.17, 15) is 0 Å². The van der Waals surface area contributed by atoms with Gasteiger partial charge in [-0.05, 0) is 158 Å². The molecule has 5 aliphatic carbocycles. The van der Waals surface area contributed by atoms with Gasteiger partial charge < -0.3 is 4.90 Å². The summed E-state index contributed by atoms with van der Waals surface area (Å²) in [5.41, 5.74) is 20.5. The van der Waals surface area contributed by atoms with Crippen LogP contribution in [0.25, 0.3) is 55.6 Å². The Morgan fingerprint density at radius 1 is 0.345 bits per heavy atom. The molecule has 4 saturated carbocycles. The second-order valence-electron chi connectivity index (χ2n) is 17.6. The van der Waals surface area contributed by atoms with Crippen LogP contribution in [0.15, 0.2) is 200 Å². The molecule has 4 unspecified atom stereocenters. The zero-order valence-corrected chi connectivity index (χ0v) is 32.4. The first-order chi connectivity index (χ1) is 28.7. The summed E-state index contributed by atoms with van der Waals surface area (Å²) in [7, 11) is 0. The van der Waals surface area contributed by atoms with Crippen LogP contribution in [-0.2, 0) is 5.41 Å². The summed E-state index contributed by atoms with van der Waals surface area (Å²) < 4.78 is 0. The molecule has 0 bridgehead atoms. The molecule has 58 heavy (non-hydrogen) atoms. The highest BCUT2D eigenvalue weighted by atomic mass is 15.1. The van der Waals surface area contributed by atoms with Gasteiger partial charge in [0.25, 0.3) is 0 Å². The molecule has 0 aliphatic heterocycles. The molecule has 0 aromatic heterocycles. The Labute approximate surface area is 341 Å². The van der Waals surface area contributed by atoms with Gasteiger partial charge in [-0.25, -0.2) is 0 Å². The Bertz CT molecular complexity index is 2780. The smallest absolute Gasteiger partial charge is 0.0467 e. The molecule has 1 heteroatoms. The molecule has 4 atom stereocenters. The number of hydrogen-bond acceptors (Lipinski definition) is 1. The topological polar surface area (TPSA) is 3.24 Å². The monoisotopic (exact) mass is 741 g/mol. The zero-order chi connectivity index (χ0) is 38.0. The second kappa shape index (κ2) is 12.0. The molecule has 276 valence electrons. The van der Waals surface area contributed by atoms with E-state index in [4.69, 9.17) is 0 Å². The van der Waals surface area contributed by atoms with Crippen LogP contribution in [0.3, 0.4) is 0 Å². The maximum Gasteiger partial charge on any atom is 0.0467 e. The Hall–Kier alpha value is -6.44. The average Bonchev–Trinajstić information content (AvgIpc) is 3.58. The standard InChI is InChI=1S/C57H43N/c1-3-12-37(13-4-1)39-24-28-46(29-25-39)58(47-30-26-40(27-31-47)38-14-5-2-6-15-38)48-19-10-17-42(33-48)41-16-9-18-43(32-41)49-21-11-23-52-55(49)50-20-7-8-22-51(50)57(52)53-35-44-34-45-36-54(57)56(44,45)53/h1-33,44-45,53-54H,34-36H2. The third kappa shape index (κ3) is 4.21. The van der Waals surface area contributed by atoms with Crippen molar-refractivity contribution in [2.24, 2.45) is 29.1 Å². The highest BCUT2D eigenvalue weighted by Gasteiger charge is 2.90. The maximum atomic E-state index is 2.51. The predicted octanol–water partition coefficient (Wildman–Crippen LogP) is 14.8. The summed E-state index contributed by atoms with van der Waals surface area (Å²) in [5, 5.41) is 0. The second-order valence-corrected chi connectivity index (χ2v) is 17.6. The van der Waals surface area contributed by atoms with Crippen LogP contribution in [0.4, 0.5) is 17.1 Å². The number of nitrogens with zero attached hydrogens (tertiary/aromatic N) is 1. The van der Waals surface area contributed by atoms with Crippen molar-refractivity contribution in [3.63, 3.8) is 0 Å². The highest BCUT2D eigenvalue weighted by molar-refractivity contribution is 5.95. The van der Waals surface area contributed by atoms with E-state index >= 15 is 0 Å². The van der Waals surface area contributed by atoms with Gasteiger partial charge in [-0.2, -0.15) is 0 Å². The minimum Gasteiger partial charge on any atom is -0.310 e. The molecule has 1 nitrogen and oxygen atoms in total. The average molecular weight is 742 g/mol. The molecule has 4 fully saturated rings. The molecular formula is C57H43N. The first kappa shape index (κ1) is 32.6. The van der Waals surface area contributed by atoms with Gasteiger partial charge in [0, 0.05) is 22.5 Å². The quantitative estimate of drug-likeness (QED) is 0.157. The van der Waals surface area contributed by atoms with E-state index in [1.807, 2.05) is 0 Å². The number of rotatable bonds is 7. The van der Waals surface area contributed by atoms with Gasteiger partial charge in [-0.1, -0.05) is 158 Å². The lowest BCUT2D eigenvalue weighted by Gasteiger charge is -2.92. The van der Waals surface area contributed by atoms with E-state index < -0.39 is 0 Å². The van der Waals surface area contributed by atoms with Crippen molar-refractivity contribution in [1.29, 1.82) is 0 Å². The first-order valence-electron chi connectivity index (χ1n) is 21.3. The third-order valence-corrected chi connectivity index (χ3v) is 15.6. The van der Waals surface area contributed by atoms with Crippen LogP contribution < -0.4 is 4.90 Å². The van der Waals surface area contributed by atoms with Crippen LogP contribution in [-0.4, -0.2) is 0 Å². The molecule has 0 amide bonds. The third-order valence-electron chi connectivity index (χ3n) is 15.6. The number of benzene rings is 8. The Balaban J connectivity index is 0.892. The molecule has 0 radical (unpaired) electrons. The van der Waals surface area contributed by atoms with Gasteiger partial charge in [0.05, 0.1) is 0 Å². The lowest BCUT2D eigenvalue weighted by Crippen LogP contribution is -2.88. The van der Waals surface area contributed by atoms with E-state index in [1.54, 1.807) is 11.1 Å². The van der Waals surface area contributed by atoms with Gasteiger partial charge in [0.15, 0.2) is 0 Å². The summed E-state index contributed by atoms with van der Waals surface area (Å²) in [6, 6.07) is 74.4. The number of hydrogen-bond donors (Lipinski definition) is 0. The summed E-state index contributed by atoms with van der Waals surface area (Å²) in [5.74, 6) is 3.69. The fourth-order valence-electron chi connectivity index (χ4n) is 13.3. The molecule has 0 N–H and O–H groups in total. The SMILES string of the molecule is c1ccc(-c2ccc(N(c3ccc(-c4ccccc4)cc3)c3cccc(-c4cccc(-c5cccc6c5-c5ccccc5C65C6CC7CC8CC5C786)c4)c3)cc2)cc1. The molecule has 0 heterocycles. The van der Waals surface area contributed by atoms with Gasteiger partial charge in [-0.15, -0.1) is 0 Å². The lowest BCUT2D eigenvalue weighted by molar-refractivity contribution is -0.412. The highest BCUT2D eigenvalue weighted by Crippen LogP contribution is 2.95. The summed E-state index contributed by atoms with van der Waals surface area (Å²) >= 11 is 0. The van der Waals surface area contributed by atoms with Crippen LogP contribution in [0.1, 0.15) is 30.4 Å². The fraction of sp³-hybridized carbons (Fsp3) is 0.158. The van der Waals surface area contributed by atoms with Gasteiger partial charge >= 0.3 is 0 Å². The molecule has 8 aromatic carbocycles. The van der Waals surface area contributed by atoms with Crippen molar-refractivity contribution in [2.45, 2.75) is 24.7 Å². The Morgan fingerprint density at radius 3 is 1.47 bits per heavy atom. The Kier molecular flexibility index (Phi) is 6.77. The largest absolute Gasteiger partial charge is 0.310 e. The van der Waals surface area contributed by atoms with Crippen molar-refractivity contribution >= 4 is 17.1 Å². The van der Waals surface area contributed by atoms with Crippen LogP contribution in [0.2, 0.25) is 0 Å². The van der Waals surface area contributed by atoms with Crippen molar-refractivity contribution in [2.75, 3.05) is 4.90 Å². The minimum absolute atomic E-state index is 0.226. The fourth-order valence-corrected chi connectivity index (χ4v) is 13.3. The molecule has 5 aliphatic rings. The van der Waals surface area contributed by atoms with Gasteiger partial charge in [-0.3, -0.25) is 0 Å². The molecular weight excluding hydrogens is 699 g/mol. The zero-order valence-electron chi connectivity index (χ0n) is 32.4. The van der Waals surface area contributed by atoms with Crippen molar-refractivity contribution in [3.05, 3.63) is 211 Å². The summed E-state index contributed by atoms with van der Waals surface area (Å²) in [4.78, 5) is 2.39. The number of fused-ring (bicyclic) bond motifs is 7. The van der Waals surface area contributed by atoms with Crippen LogP contribution >= 0.6 is 0 Å². The van der Waals surface area contributed by atoms with E-state index in [2.05, 4.69) is 205 Å². The molecule has 8 aromatic rings.